The van der Waals surface area contributed by atoms with Crippen LogP contribution in [0.25, 0.3) is 0 Å². The Kier molecular flexibility index (Phi) is 4.75. The average Bonchev–Trinajstić information content (AvgIpc) is 2.90. The average molecular weight is 329 g/mol. The summed E-state index contributed by atoms with van der Waals surface area (Å²) in [4.78, 5) is 15.7. The number of rotatable bonds is 5. The number of ether oxygens (including phenoxy) is 2. The minimum absolute atomic E-state index is 0.135. The normalized spacial score (nSPS) is 23.5. The number of benzene rings is 1. The van der Waals surface area contributed by atoms with Crippen LogP contribution >= 0.6 is 0 Å². The first-order valence-corrected chi connectivity index (χ1v) is 7.55. The fraction of sp³-hybridized carbons (Fsp3) is 0.294. The number of hydrogen-bond acceptors (Lipinski definition) is 6. The molecule has 7 heteroatoms. The maximum Gasteiger partial charge on any atom is 0.351 e. The van der Waals surface area contributed by atoms with E-state index in [2.05, 4.69) is 11.6 Å². The van der Waals surface area contributed by atoms with Gasteiger partial charge in [0, 0.05) is 11.8 Å². The predicted octanol–water partition coefficient (Wildman–Crippen LogP) is 0.857. The largest absolute Gasteiger partial charge is 0.394 e. The molecule has 3 N–H and O–H groups in total. The van der Waals surface area contributed by atoms with Crippen molar-refractivity contribution in [1.82, 2.24) is 9.55 Å². The second kappa shape index (κ2) is 6.96. The number of nitrogen functional groups attached to an aromatic ring is 1. The molecule has 0 unspecified atom stereocenters. The number of nitrogens with zero attached hydrogens (tertiary/aromatic N) is 2. The van der Waals surface area contributed by atoms with E-state index >= 15 is 0 Å². The fourth-order valence-corrected chi connectivity index (χ4v) is 2.67. The number of hydrogen-bond donors (Lipinski definition) is 2. The first kappa shape index (κ1) is 16.4. The highest BCUT2D eigenvalue weighted by molar-refractivity contribution is 5.25. The van der Waals surface area contributed by atoms with Crippen LogP contribution in [0.15, 0.2) is 59.5 Å². The van der Waals surface area contributed by atoms with Crippen molar-refractivity contribution >= 4 is 5.82 Å². The van der Waals surface area contributed by atoms with Gasteiger partial charge in [-0.25, -0.2) is 4.79 Å². The summed E-state index contributed by atoms with van der Waals surface area (Å²) in [6, 6.07) is 11.2. The van der Waals surface area contributed by atoms with Gasteiger partial charge in [-0.15, -0.1) is 0 Å². The highest BCUT2D eigenvalue weighted by Crippen LogP contribution is 2.34. The first-order valence-electron chi connectivity index (χ1n) is 7.55. The predicted molar refractivity (Wildman–Crippen MR) is 88.1 cm³/mol. The minimum atomic E-state index is -0.747. The summed E-state index contributed by atoms with van der Waals surface area (Å²) < 4.78 is 12.9. The lowest BCUT2D eigenvalue weighted by Crippen LogP contribution is -2.28. The van der Waals surface area contributed by atoms with E-state index in [9.17, 15) is 9.90 Å². The van der Waals surface area contributed by atoms with Gasteiger partial charge in [0.2, 0.25) is 0 Å². The summed E-state index contributed by atoms with van der Waals surface area (Å²) in [5.41, 5.74) is 6.51. The molecular weight excluding hydrogens is 310 g/mol. The van der Waals surface area contributed by atoms with Crippen molar-refractivity contribution in [3.05, 3.63) is 70.8 Å². The zero-order valence-corrected chi connectivity index (χ0v) is 13.0. The third-order valence-electron chi connectivity index (χ3n) is 3.88. The summed E-state index contributed by atoms with van der Waals surface area (Å²) in [6.45, 7) is 4.10. The van der Waals surface area contributed by atoms with E-state index in [1.807, 2.05) is 30.3 Å². The molecule has 1 saturated heterocycles. The second-order valence-corrected chi connectivity index (χ2v) is 5.54. The zero-order valence-electron chi connectivity index (χ0n) is 13.0. The maximum absolute atomic E-state index is 12.0. The van der Waals surface area contributed by atoms with Gasteiger partial charge in [0.25, 0.3) is 0 Å². The van der Waals surface area contributed by atoms with Crippen molar-refractivity contribution in [3.8, 4) is 0 Å². The molecule has 0 bridgehead atoms. The van der Waals surface area contributed by atoms with Crippen LogP contribution < -0.4 is 11.4 Å². The van der Waals surface area contributed by atoms with Gasteiger partial charge in [-0.05, 0) is 11.6 Å². The molecule has 0 aliphatic carbocycles. The van der Waals surface area contributed by atoms with Crippen LogP contribution in [0.4, 0.5) is 5.82 Å². The molecule has 24 heavy (non-hydrogen) atoms. The lowest BCUT2D eigenvalue weighted by atomic mass is 10.1. The summed E-state index contributed by atoms with van der Waals surface area (Å²) in [7, 11) is 0. The van der Waals surface area contributed by atoms with E-state index in [-0.39, 0.29) is 12.4 Å². The molecule has 2 heterocycles. The van der Waals surface area contributed by atoms with Crippen molar-refractivity contribution in [3.63, 3.8) is 0 Å². The number of nitrogens with two attached hydrogens (primary N) is 1. The zero-order chi connectivity index (χ0) is 17.1. The van der Waals surface area contributed by atoms with Crippen LogP contribution in [-0.2, 0) is 16.1 Å². The smallest absolute Gasteiger partial charge is 0.351 e. The second-order valence-electron chi connectivity index (χ2n) is 5.54. The first-order chi connectivity index (χ1) is 11.6. The van der Waals surface area contributed by atoms with Gasteiger partial charge in [0.1, 0.15) is 18.0 Å². The molecule has 1 fully saturated rings. The molecule has 1 aromatic heterocycles. The molecule has 0 saturated carbocycles. The lowest BCUT2D eigenvalue weighted by molar-refractivity contribution is -0.0657. The molecule has 126 valence electrons. The van der Waals surface area contributed by atoms with Crippen molar-refractivity contribution in [2.45, 2.75) is 25.0 Å². The molecule has 0 amide bonds. The molecule has 7 nitrogen and oxygen atoms in total. The SMILES string of the molecule is C=C1[C@H](n2ccc(N)nc2=O)O[C@H](CO)[C@H]1OCc1ccccc1. The van der Waals surface area contributed by atoms with Crippen molar-refractivity contribution < 1.29 is 14.6 Å². The van der Waals surface area contributed by atoms with E-state index in [4.69, 9.17) is 15.2 Å². The van der Waals surface area contributed by atoms with E-state index in [0.29, 0.717) is 12.2 Å². The Morgan fingerprint density at radius 3 is 2.75 bits per heavy atom. The molecule has 3 atom stereocenters. The molecule has 2 aromatic rings. The Morgan fingerprint density at radius 1 is 1.33 bits per heavy atom. The van der Waals surface area contributed by atoms with Gasteiger partial charge in [-0.1, -0.05) is 36.9 Å². The van der Waals surface area contributed by atoms with Crippen molar-refractivity contribution in [1.29, 1.82) is 0 Å². The van der Waals surface area contributed by atoms with E-state index in [1.54, 1.807) is 0 Å². The molecule has 1 aliphatic heterocycles. The van der Waals surface area contributed by atoms with Crippen LogP contribution in [0, 0.1) is 0 Å². The molecule has 1 aliphatic rings. The van der Waals surface area contributed by atoms with Crippen LogP contribution in [0.5, 0.6) is 0 Å². The van der Waals surface area contributed by atoms with Gasteiger partial charge in [0.05, 0.1) is 13.2 Å². The van der Waals surface area contributed by atoms with Gasteiger partial charge in [-0.3, -0.25) is 4.57 Å². The van der Waals surface area contributed by atoms with E-state index in [0.717, 1.165) is 5.56 Å². The maximum atomic E-state index is 12.0. The fourth-order valence-electron chi connectivity index (χ4n) is 2.67. The third kappa shape index (κ3) is 3.23. The Bertz CT molecular complexity index is 775. The number of anilines is 1. The Morgan fingerprint density at radius 2 is 2.08 bits per heavy atom. The minimum Gasteiger partial charge on any atom is -0.394 e. The van der Waals surface area contributed by atoms with E-state index < -0.39 is 24.1 Å². The van der Waals surface area contributed by atoms with Gasteiger partial charge in [0.15, 0.2) is 6.23 Å². The Hall–Kier alpha value is -2.48. The molecule has 3 rings (SSSR count). The van der Waals surface area contributed by atoms with Crippen LogP contribution in [-0.4, -0.2) is 33.5 Å². The summed E-state index contributed by atoms with van der Waals surface area (Å²) in [6.07, 6.45) is -0.377. The molecule has 0 spiro atoms. The monoisotopic (exact) mass is 329 g/mol. The van der Waals surface area contributed by atoms with Crippen molar-refractivity contribution in [2.75, 3.05) is 12.3 Å². The lowest BCUT2D eigenvalue weighted by Gasteiger charge is -2.17. The standard InChI is InChI=1S/C17H19N3O4/c1-11-15(23-10-12-5-3-2-4-6-12)13(9-21)24-16(11)20-8-7-14(18)19-17(20)22/h2-8,13,15-16,21H,1,9-10H2,(H2,18,19,22)/t13-,15+,16-/m1/s1. The number of aliphatic hydroxyl groups is 1. The summed E-state index contributed by atoms with van der Waals surface area (Å²) >= 11 is 0. The Labute approximate surface area is 139 Å². The van der Waals surface area contributed by atoms with Gasteiger partial charge < -0.3 is 20.3 Å². The van der Waals surface area contributed by atoms with Crippen molar-refractivity contribution in [2.24, 2.45) is 0 Å². The number of aromatic nitrogens is 2. The van der Waals surface area contributed by atoms with E-state index in [1.165, 1.54) is 16.8 Å². The van der Waals surface area contributed by atoms with Gasteiger partial charge in [-0.2, -0.15) is 4.98 Å². The van der Waals surface area contributed by atoms with Crippen LogP contribution in [0.3, 0.4) is 0 Å². The summed E-state index contributed by atoms with van der Waals surface area (Å²) in [5, 5.41) is 9.56. The topological polar surface area (TPSA) is 99.6 Å². The van der Waals surface area contributed by atoms with Crippen LogP contribution in [0.1, 0.15) is 11.8 Å². The third-order valence-corrected chi connectivity index (χ3v) is 3.88. The van der Waals surface area contributed by atoms with Gasteiger partial charge >= 0.3 is 5.69 Å². The number of aliphatic hydroxyl groups excluding tert-OH is 1. The van der Waals surface area contributed by atoms with Crippen LogP contribution in [0.2, 0.25) is 0 Å². The summed E-state index contributed by atoms with van der Waals surface area (Å²) in [5.74, 6) is 0.135. The highest BCUT2D eigenvalue weighted by atomic mass is 16.6. The molecule has 1 aromatic carbocycles. The highest BCUT2D eigenvalue weighted by Gasteiger charge is 2.40. The Balaban J connectivity index is 1.78. The molecular formula is C17H19N3O4. The molecule has 0 radical (unpaired) electrons. The quantitative estimate of drug-likeness (QED) is 0.789.